The summed E-state index contributed by atoms with van der Waals surface area (Å²) in [7, 11) is 1.50. The number of nitrogens with zero attached hydrogens (tertiary/aromatic N) is 1. The van der Waals surface area contributed by atoms with E-state index >= 15 is 0 Å². The number of benzene rings is 1. The van der Waals surface area contributed by atoms with Gasteiger partial charge in [-0.05, 0) is 38.0 Å². The Morgan fingerprint density at radius 3 is 2.70 bits per heavy atom. The van der Waals surface area contributed by atoms with Gasteiger partial charge in [0.05, 0.1) is 7.11 Å². The number of Topliss-reactive ketones (excluding diaryl/α,β-unsaturated/α-hetero) is 1. The molecule has 1 aliphatic rings. The van der Waals surface area contributed by atoms with Gasteiger partial charge in [0.2, 0.25) is 0 Å². The molecule has 1 saturated heterocycles. The molecule has 144 valence electrons. The van der Waals surface area contributed by atoms with Gasteiger partial charge in [0, 0.05) is 30.9 Å². The topological polar surface area (TPSA) is 99.9 Å². The third-order valence-electron chi connectivity index (χ3n) is 4.29. The van der Waals surface area contributed by atoms with Crippen molar-refractivity contribution >= 4 is 11.7 Å². The Balaban J connectivity index is 1.59. The van der Waals surface area contributed by atoms with Gasteiger partial charge in [-0.1, -0.05) is 5.16 Å². The van der Waals surface area contributed by atoms with Gasteiger partial charge in [0.1, 0.15) is 6.61 Å². The lowest BCUT2D eigenvalue weighted by Crippen LogP contribution is -2.39. The fourth-order valence-corrected chi connectivity index (χ4v) is 2.74. The highest BCUT2D eigenvalue weighted by molar-refractivity contribution is 5.94. The molecule has 27 heavy (non-hydrogen) atoms. The molecule has 2 heterocycles. The molecule has 1 fully saturated rings. The van der Waals surface area contributed by atoms with Crippen molar-refractivity contribution < 1.29 is 28.3 Å². The normalized spacial score (nSPS) is 14.6. The largest absolute Gasteiger partial charge is 0.493 e. The summed E-state index contributed by atoms with van der Waals surface area (Å²) in [6.07, 6.45) is 1.57. The van der Waals surface area contributed by atoms with Gasteiger partial charge in [-0.3, -0.25) is 9.59 Å². The number of ketones is 1. The molecule has 0 bridgehead atoms. The van der Waals surface area contributed by atoms with Crippen molar-refractivity contribution in [2.45, 2.75) is 32.4 Å². The van der Waals surface area contributed by atoms with Crippen LogP contribution < -0.4 is 14.8 Å². The van der Waals surface area contributed by atoms with Gasteiger partial charge in [-0.2, -0.15) is 0 Å². The molecule has 8 nitrogen and oxygen atoms in total. The summed E-state index contributed by atoms with van der Waals surface area (Å²) in [6.45, 7) is 2.85. The molecule has 1 amide bonds. The highest BCUT2D eigenvalue weighted by Gasteiger charge is 2.20. The summed E-state index contributed by atoms with van der Waals surface area (Å²) >= 11 is 0. The Bertz CT molecular complexity index is 810. The number of carbonyl (C=O) groups is 2. The van der Waals surface area contributed by atoms with Crippen LogP contribution in [0.4, 0.5) is 0 Å². The SMILES string of the molecule is COc1cc(C(C)=O)ccc1OCc1cc(C(=O)NC2CCOCC2)no1. The van der Waals surface area contributed by atoms with E-state index in [2.05, 4.69) is 10.5 Å². The predicted molar refractivity (Wildman–Crippen MR) is 95.1 cm³/mol. The van der Waals surface area contributed by atoms with E-state index in [9.17, 15) is 9.59 Å². The van der Waals surface area contributed by atoms with Gasteiger partial charge >= 0.3 is 0 Å². The zero-order valence-electron chi connectivity index (χ0n) is 15.3. The lowest BCUT2D eigenvalue weighted by molar-refractivity contribution is 0.0692. The Kier molecular flexibility index (Phi) is 6.08. The molecule has 0 unspecified atom stereocenters. The number of nitrogens with one attached hydrogen (secondary N) is 1. The molecule has 8 heteroatoms. The van der Waals surface area contributed by atoms with Gasteiger partial charge in [0.25, 0.3) is 5.91 Å². The van der Waals surface area contributed by atoms with E-state index < -0.39 is 0 Å². The molecule has 0 atom stereocenters. The van der Waals surface area contributed by atoms with Gasteiger partial charge in [0.15, 0.2) is 28.7 Å². The lowest BCUT2D eigenvalue weighted by Gasteiger charge is -2.22. The zero-order chi connectivity index (χ0) is 19.2. The minimum absolute atomic E-state index is 0.0599. The summed E-state index contributed by atoms with van der Waals surface area (Å²) in [5.74, 6) is 0.979. The van der Waals surface area contributed by atoms with E-state index in [-0.39, 0.29) is 30.0 Å². The minimum atomic E-state index is -0.278. The second kappa shape index (κ2) is 8.68. The molecule has 1 aliphatic heterocycles. The maximum atomic E-state index is 12.2. The summed E-state index contributed by atoms with van der Waals surface area (Å²) in [6, 6.07) is 6.57. The fourth-order valence-electron chi connectivity index (χ4n) is 2.74. The van der Waals surface area contributed by atoms with Crippen molar-refractivity contribution in [3.05, 3.63) is 41.3 Å². The second-order valence-electron chi connectivity index (χ2n) is 6.25. The molecule has 1 aromatic heterocycles. The van der Waals surface area contributed by atoms with Crippen LogP contribution in [-0.4, -0.2) is 43.2 Å². The Hall–Kier alpha value is -2.87. The Labute approximate surface area is 156 Å². The molecule has 0 radical (unpaired) electrons. The minimum Gasteiger partial charge on any atom is -0.493 e. The van der Waals surface area contributed by atoms with Crippen molar-refractivity contribution in [1.29, 1.82) is 0 Å². The summed E-state index contributed by atoms with van der Waals surface area (Å²) in [5.41, 5.74) is 0.741. The molecule has 1 aromatic carbocycles. The molecule has 2 aromatic rings. The summed E-state index contributed by atoms with van der Waals surface area (Å²) < 4.78 is 21.4. The first kappa shape index (κ1) is 18.9. The Morgan fingerprint density at radius 2 is 2.00 bits per heavy atom. The molecule has 0 saturated carbocycles. The molecular formula is C19H22N2O6. The number of amides is 1. The van der Waals surface area contributed by atoms with E-state index in [1.807, 2.05) is 0 Å². The van der Waals surface area contributed by atoms with Crippen LogP contribution in [-0.2, 0) is 11.3 Å². The summed E-state index contributed by atoms with van der Waals surface area (Å²) in [5, 5.41) is 6.72. The van der Waals surface area contributed by atoms with Crippen LogP contribution in [0.2, 0.25) is 0 Å². The van der Waals surface area contributed by atoms with Crippen LogP contribution in [0, 0.1) is 0 Å². The number of aromatic nitrogens is 1. The van der Waals surface area contributed by atoms with Gasteiger partial charge in [-0.25, -0.2) is 0 Å². The van der Waals surface area contributed by atoms with Crippen molar-refractivity contribution in [3.8, 4) is 11.5 Å². The van der Waals surface area contributed by atoms with E-state index in [4.69, 9.17) is 18.7 Å². The van der Waals surface area contributed by atoms with Crippen LogP contribution in [0.15, 0.2) is 28.8 Å². The first-order valence-corrected chi connectivity index (χ1v) is 8.73. The molecule has 0 aliphatic carbocycles. The summed E-state index contributed by atoms with van der Waals surface area (Å²) in [4.78, 5) is 23.7. The van der Waals surface area contributed by atoms with Gasteiger partial charge < -0.3 is 24.1 Å². The highest BCUT2D eigenvalue weighted by atomic mass is 16.5. The third-order valence-corrected chi connectivity index (χ3v) is 4.29. The first-order chi connectivity index (χ1) is 13.1. The number of hydrogen-bond donors (Lipinski definition) is 1. The third kappa shape index (κ3) is 4.85. The average molecular weight is 374 g/mol. The zero-order valence-corrected chi connectivity index (χ0v) is 15.3. The van der Waals surface area contributed by atoms with Crippen LogP contribution in [0.5, 0.6) is 11.5 Å². The molecule has 0 spiro atoms. The van der Waals surface area contributed by atoms with Gasteiger partial charge in [-0.15, -0.1) is 0 Å². The average Bonchev–Trinajstić information content (AvgIpc) is 3.16. The quantitative estimate of drug-likeness (QED) is 0.743. The standard InChI is InChI=1S/C19H22N2O6/c1-12(22)13-3-4-17(18(9-13)24-2)26-11-15-10-16(21-27-15)19(23)20-14-5-7-25-8-6-14/h3-4,9-10,14H,5-8,11H2,1-2H3,(H,20,23). The van der Waals surface area contributed by atoms with Crippen LogP contribution in [0.25, 0.3) is 0 Å². The van der Waals surface area contributed by atoms with Crippen LogP contribution in [0.1, 0.15) is 46.4 Å². The number of rotatable bonds is 7. The maximum Gasteiger partial charge on any atom is 0.273 e. The molecule has 3 rings (SSSR count). The lowest BCUT2D eigenvalue weighted by atomic mass is 10.1. The molecular weight excluding hydrogens is 352 g/mol. The fraction of sp³-hybridized carbons (Fsp3) is 0.421. The first-order valence-electron chi connectivity index (χ1n) is 8.73. The van der Waals surface area contributed by atoms with Crippen molar-refractivity contribution in [3.63, 3.8) is 0 Å². The number of ether oxygens (including phenoxy) is 3. The van der Waals surface area contributed by atoms with Crippen molar-refractivity contribution in [2.24, 2.45) is 0 Å². The van der Waals surface area contributed by atoms with E-state index in [0.29, 0.717) is 36.0 Å². The van der Waals surface area contributed by atoms with E-state index in [0.717, 1.165) is 12.8 Å². The predicted octanol–water partition coefficient (Wildman–Crippen LogP) is 2.37. The Morgan fingerprint density at radius 1 is 1.22 bits per heavy atom. The maximum absolute atomic E-state index is 12.2. The van der Waals surface area contributed by atoms with Crippen LogP contribution in [0.3, 0.4) is 0 Å². The smallest absolute Gasteiger partial charge is 0.273 e. The van der Waals surface area contributed by atoms with Crippen LogP contribution >= 0.6 is 0 Å². The number of hydrogen-bond acceptors (Lipinski definition) is 7. The van der Waals surface area contributed by atoms with Crippen molar-refractivity contribution in [2.75, 3.05) is 20.3 Å². The van der Waals surface area contributed by atoms with E-state index in [1.54, 1.807) is 24.3 Å². The van der Waals surface area contributed by atoms with E-state index in [1.165, 1.54) is 14.0 Å². The number of carbonyl (C=O) groups excluding carboxylic acids is 2. The number of methoxy groups -OCH3 is 1. The second-order valence-corrected chi connectivity index (χ2v) is 6.25. The monoisotopic (exact) mass is 374 g/mol. The highest BCUT2D eigenvalue weighted by Crippen LogP contribution is 2.29. The molecule has 1 N–H and O–H groups in total. The van der Waals surface area contributed by atoms with Crippen molar-refractivity contribution in [1.82, 2.24) is 10.5 Å².